The van der Waals surface area contributed by atoms with E-state index >= 15 is 0 Å². The fourth-order valence-electron chi connectivity index (χ4n) is 1.83. The Morgan fingerprint density at radius 3 is 2.60 bits per heavy atom. The van der Waals surface area contributed by atoms with Crippen LogP contribution in [0.1, 0.15) is 42.3 Å². The molecular weight excluding hydrogens is 280 g/mol. The van der Waals surface area contributed by atoms with Crippen molar-refractivity contribution in [3.8, 4) is 0 Å². The number of amides is 1. The zero-order chi connectivity index (χ0) is 14.9. The lowest BCUT2D eigenvalue weighted by Gasteiger charge is -2.01. The summed E-state index contributed by atoms with van der Waals surface area (Å²) in [7, 11) is 0. The van der Waals surface area contributed by atoms with Crippen molar-refractivity contribution in [3.63, 3.8) is 0 Å². The van der Waals surface area contributed by atoms with Crippen LogP contribution in [-0.2, 0) is 6.54 Å². The molecule has 0 aromatic carbocycles. The Morgan fingerprint density at radius 2 is 2.10 bits per heavy atom. The first-order chi connectivity index (χ1) is 9.38. The first kappa shape index (κ1) is 14.3. The highest BCUT2D eigenvalue weighted by Crippen LogP contribution is 2.18. The maximum absolute atomic E-state index is 12.0. The van der Waals surface area contributed by atoms with Crippen LogP contribution < -0.4 is 5.32 Å². The van der Waals surface area contributed by atoms with Crippen molar-refractivity contribution < 1.29 is 19.1 Å². The third-order valence-corrected chi connectivity index (χ3v) is 3.80. The first-order valence-electron chi connectivity index (χ1n) is 5.93. The number of aromatic nitrogens is 1. The van der Waals surface area contributed by atoms with E-state index in [2.05, 4.69) is 10.3 Å². The number of aryl methyl sites for hydroxylation is 3. The summed E-state index contributed by atoms with van der Waals surface area (Å²) in [6.45, 7) is 5.33. The van der Waals surface area contributed by atoms with Crippen molar-refractivity contribution in [2.45, 2.75) is 27.3 Å². The largest absolute Gasteiger partial charge is 0.478 e. The summed E-state index contributed by atoms with van der Waals surface area (Å²) in [6.07, 6.45) is 0. The molecule has 6 nitrogen and oxygen atoms in total. The van der Waals surface area contributed by atoms with Crippen LogP contribution in [0.3, 0.4) is 0 Å². The summed E-state index contributed by atoms with van der Waals surface area (Å²) in [4.78, 5) is 27.6. The van der Waals surface area contributed by atoms with Crippen molar-refractivity contribution in [1.29, 1.82) is 0 Å². The number of carbonyl (C=O) groups excluding carboxylic acids is 1. The summed E-state index contributed by atoms with van der Waals surface area (Å²) < 4.78 is 5.29. The Labute approximate surface area is 119 Å². The van der Waals surface area contributed by atoms with Crippen molar-refractivity contribution >= 4 is 23.2 Å². The van der Waals surface area contributed by atoms with Crippen LogP contribution in [-0.4, -0.2) is 22.0 Å². The van der Waals surface area contributed by atoms with Gasteiger partial charge in [-0.3, -0.25) is 4.79 Å². The molecule has 0 aliphatic carbocycles. The summed E-state index contributed by atoms with van der Waals surface area (Å²) in [6, 6.07) is 1.42. The maximum atomic E-state index is 12.0. The summed E-state index contributed by atoms with van der Waals surface area (Å²) in [5.74, 6) is -0.546. The SMILES string of the molecule is Cc1nc(C)c(C(=O)NCc2cc(C(=O)O)c(C)o2)s1. The Hall–Kier alpha value is -2.15. The average molecular weight is 294 g/mol. The zero-order valence-corrected chi connectivity index (χ0v) is 12.1. The van der Waals surface area contributed by atoms with Crippen LogP contribution in [0.5, 0.6) is 0 Å². The number of nitrogens with zero attached hydrogens (tertiary/aromatic N) is 1. The van der Waals surface area contributed by atoms with Gasteiger partial charge in [-0.15, -0.1) is 11.3 Å². The molecule has 20 heavy (non-hydrogen) atoms. The van der Waals surface area contributed by atoms with E-state index in [1.807, 2.05) is 6.92 Å². The molecule has 0 radical (unpaired) electrons. The van der Waals surface area contributed by atoms with Gasteiger partial charge < -0.3 is 14.8 Å². The van der Waals surface area contributed by atoms with Gasteiger partial charge in [0.15, 0.2) is 0 Å². The van der Waals surface area contributed by atoms with Gasteiger partial charge in [0.1, 0.15) is 22.0 Å². The minimum atomic E-state index is -1.04. The summed E-state index contributed by atoms with van der Waals surface area (Å²) in [5.41, 5.74) is 0.797. The number of thiazole rings is 1. The summed E-state index contributed by atoms with van der Waals surface area (Å²) in [5, 5.41) is 12.4. The van der Waals surface area contributed by atoms with Crippen LogP contribution in [0.15, 0.2) is 10.5 Å². The van der Waals surface area contributed by atoms with Crippen LogP contribution in [0.25, 0.3) is 0 Å². The highest BCUT2D eigenvalue weighted by atomic mass is 32.1. The van der Waals surface area contributed by atoms with E-state index in [1.54, 1.807) is 13.8 Å². The number of rotatable bonds is 4. The van der Waals surface area contributed by atoms with Gasteiger partial charge in [0.25, 0.3) is 5.91 Å². The van der Waals surface area contributed by atoms with Crippen molar-refractivity contribution in [1.82, 2.24) is 10.3 Å². The standard InChI is InChI=1S/C13H14N2O4S/c1-6-11(20-8(3)15-6)12(16)14-5-9-4-10(13(17)18)7(2)19-9/h4H,5H2,1-3H3,(H,14,16)(H,17,18). The number of hydrogen-bond donors (Lipinski definition) is 2. The molecule has 2 N–H and O–H groups in total. The number of furan rings is 1. The molecule has 0 unspecified atom stereocenters. The monoisotopic (exact) mass is 294 g/mol. The number of hydrogen-bond acceptors (Lipinski definition) is 5. The molecular formula is C13H14N2O4S. The quantitative estimate of drug-likeness (QED) is 0.902. The first-order valence-corrected chi connectivity index (χ1v) is 6.75. The smallest absolute Gasteiger partial charge is 0.339 e. The number of carboxylic acid groups (broad SMARTS) is 1. The highest BCUT2D eigenvalue weighted by Gasteiger charge is 2.16. The van der Waals surface area contributed by atoms with E-state index in [0.29, 0.717) is 22.1 Å². The topological polar surface area (TPSA) is 92.4 Å². The zero-order valence-electron chi connectivity index (χ0n) is 11.3. The van der Waals surface area contributed by atoms with Crippen LogP contribution in [0, 0.1) is 20.8 Å². The average Bonchev–Trinajstić information content (AvgIpc) is 2.89. The summed E-state index contributed by atoms with van der Waals surface area (Å²) >= 11 is 1.32. The van der Waals surface area contributed by atoms with E-state index in [-0.39, 0.29) is 18.0 Å². The second-order valence-electron chi connectivity index (χ2n) is 4.32. The molecule has 7 heteroatoms. The third-order valence-electron chi connectivity index (χ3n) is 2.73. The van der Waals surface area contributed by atoms with E-state index in [4.69, 9.17) is 9.52 Å². The second-order valence-corrected chi connectivity index (χ2v) is 5.52. The van der Waals surface area contributed by atoms with Crippen LogP contribution >= 0.6 is 11.3 Å². The molecule has 0 bridgehead atoms. The van der Waals surface area contributed by atoms with Crippen LogP contribution in [0.4, 0.5) is 0 Å². The van der Waals surface area contributed by atoms with E-state index in [1.165, 1.54) is 17.4 Å². The molecule has 0 saturated heterocycles. The van der Waals surface area contributed by atoms with Gasteiger partial charge >= 0.3 is 5.97 Å². The number of aromatic carboxylic acids is 1. The van der Waals surface area contributed by atoms with Gasteiger partial charge in [-0.05, 0) is 26.8 Å². The fourth-order valence-corrected chi connectivity index (χ4v) is 2.67. The highest BCUT2D eigenvalue weighted by molar-refractivity contribution is 7.13. The molecule has 0 aliphatic rings. The Morgan fingerprint density at radius 1 is 1.40 bits per heavy atom. The lowest BCUT2D eigenvalue weighted by molar-refractivity contribution is 0.0694. The predicted molar refractivity (Wildman–Crippen MR) is 73.2 cm³/mol. The number of carbonyl (C=O) groups is 2. The molecule has 2 aromatic heterocycles. The van der Waals surface area contributed by atoms with Crippen molar-refractivity contribution in [3.05, 3.63) is 38.7 Å². The Balaban J connectivity index is 2.05. The molecule has 1 amide bonds. The molecule has 0 fully saturated rings. The molecule has 0 atom stereocenters. The normalized spacial score (nSPS) is 10.6. The molecule has 2 rings (SSSR count). The van der Waals surface area contributed by atoms with Gasteiger partial charge in [-0.1, -0.05) is 0 Å². The third kappa shape index (κ3) is 2.88. The minimum absolute atomic E-state index is 0.110. The second kappa shape index (κ2) is 5.46. The predicted octanol–water partition coefficient (Wildman–Crippen LogP) is 2.29. The molecule has 0 spiro atoms. The van der Waals surface area contributed by atoms with E-state index in [9.17, 15) is 9.59 Å². The lowest BCUT2D eigenvalue weighted by Crippen LogP contribution is -2.22. The van der Waals surface area contributed by atoms with Gasteiger partial charge in [-0.25, -0.2) is 9.78 Å². The maximum Gasteiger partial charge on any atom is 0.339 e. The van der Waals surface area contributed by atoms with Gasteiger partial charge in [0.05, 0.1) is 17.2 Å². The lowest BCUT2D eigenvalue weighted by atomic mass is 10.2. The Bertz CT molecular complexity index is 672. The van der Waals surface area contributed by atoms with Gasteiger partial charge in [0.2, 0.25) is 0 Å². The fraction of sp³-hybridized carbons (Fsp3) is 0.308. The molecule has 0 aliphatic heterocycles. The molecule has 2 heterocycles. The Kier molecular flexibility index (Phi) is 3.89. The number of carboxylic acids is 1. The van der Waals surface area contributed by atoms with Gasteiger partial charge in [-0.2, -0.15) is 0 Å². The molecule has 106 valence electrons. The molecule has 2 aromatic rings. The van der Waals surface area contributed by atoms with E-state index < -0.39 is 5.97 Å². The van der Waals surface area contributed by atoms with Crippen molar-refractivity contribution in [2.24, 2.45) is 0 Å². The van der Waals surface area contributed by atoms with Crippen LogP contribution in [0.2, 0.25) is 0 Å². The minimum Gasteiger partial charge on any atom is -0.478 e. The van der Waals surface area contributed by atoms with Crippen molar-refractivity contribution in [2.75, 3.05) is 0 Å². The van der Waals surface area contributed by atoms with E-state index in [0.717, 1.165) is 5.01 Å². The van der Waals surface area contributed by atoms with Gasteiger partial charge in [0, 0.05) is 0 Å². The molecule has 0 saturated carbocycles. The number of nitrogens with one attached hydrogen (secondary N) is 1.